The number of rotatable bonds is 6. The van der Waals surface area contributed by atoms with Crippen molar-refractivity contribution in [2.75, 3.05) is 5.32 Å². The monoisotopic (exact) mass is 632 g/mol. The Labute approximate surface area is 287 Å². The molecule has 1 aromatic heterocycles. The second-order valence-corrected chi connectivity index (χ2v) is 13.2. The van der Waals surface area contributed by atoms with Gasteiger partial charge in [-0.05, 0) is 72.7 Å². The second-order valence-electron chi connectivity index (χ2n) is 13.2. The molecule has 0 aliphatic heterocycles. The third-order valence-corrected chi connectivity index (χ3v) is 10.4. The van der Waals surface area contributed by atoms with Crippen LogP contribution in [-0.2, 0) is 0 Å². The number of nitrogens with zero attached hydrogens (tertiary/aromatic N) is 3. The summed E-state index contributed by atoms with van der Waals surface area (Å²) in [5.41, 5.74) is 8.65. The molecule has 0 saturated heterocycles. The molecule has 236 valence electrons. The van der Waals surface area contributed by atoms with Gasteiger partial charge in [-0.15, -0.1) is 0 Å². The minimum atomic E-state index is 0.194. The zero-order chi connectivity index (χ0) is 33.3. The molecule has 6 aromatic rings. The molecule has 0 radical (unpaired) electrons. The van der Waals surface area contributed by atoms with Crippen LogP contribution in [-0.4, -0.2) is 10.6 Å². The summed E-state index contributed by atoms with van der Waals surface area (Å²) >= 11 is 0. The number of anilines is 1. The summed E-state index contributed by atoms with van der Waals surface area (Å²) in [5, 5.41) is 26.8. The summed E-state index contributed by atoms with van der Waals surface area (Å²) in [4.78, 5) is 0. The Balaban J connectivity index is 1.18. The van der Waals surface area contributed by atoms with E-state index >= 15 is 0 Å². The molecule has 0 saturated carbocycles. The molecule has 2 aliphatic rings. The SMILES string of the molecule is CC1CCC=CC1C1C=CC=CC1Nc1ccc(-c2cc(-c3ccccc3-n3c4ccccc4c4ccccc43)c(C#N)cc2C#N)cc1. The summed E-state index contributed by atoms with van der Waals surface area (Å²) in [6.07, 6.45) is 16.1. The molecule has 4 unspecified atom stereocenters. The van der Waals surface area contributed by atoms with Crippen LogP contribution in [0, 0.1) is 40.4 Å². The number of allylic oxidation sites excluding steroid dienone is 4. The van der Waals surface area contributed by atoms with Gasteiger partial charge in [0.25, 0.3) is 0 Å². The highest BCUT2D eigenvalue weighted by Gasteiger charge is 2.30. The van der Waals surface area contributed by atoms with Crippen molar-refractivity contribution in [3.8, 4) is 40.1 Å². The quantitative estimate of drug-likeness (QED) is 0.186. The van der Waals surface area contributed by atoms with Gasteiger partial charge in [0.1, 0.15) is 0 Å². The molecule has 0 bridgehead atoms. The smallest absolute Gasteiger partial charge is 0.0998 e. The topological polar surface area (TPSA) is 64.5 Å². The predicted octanol–water partition coefficient (Wildman–Crippen LogP) is 11.0. The Hall–Kier alpha value is -6.10. The van der Waals surface area contributed by atoms with E-state index < -0.39 is 0 Å². The van der Waals surface area contributed by atoms with Crippen LogP contribution in [0.15, 0.2) is 146 Å². The maximum absolute atomic E-state index is 10.4. The molecular formula is C45H36N4. The van der Waals surface area contributed by atoms with Crippen LogP contribution in [0.1, 0.15) is 30.9 Å². The molecule has 1 heterocycles. The van der Waals surface area contributed by atoms with E-state index in [1.807, 2.05) is 18.2 Å². The van der Waals surface area contributed by atoms with Gasteiger partial charge in [0, 0.05) is 39.1 Å². The second kappa shape index (κ2) is 12.8. The lowest BCUT2D eigenvalue weighted by Crippen LogP contribution is -2.35. The van der Waals surface area contributed by atoms with Gasteiger partial charge in [-0.1, -0.05) is 110 Å². The van der Waals surface area contributed by atoms with Gasteiger partial charge in [-0.2, -0.15) is 10.5 Å². The van der Waals surface area contributed by atoms with Crippen molar-refractivity contribution >= 4 is 27.5 Å². The zero-order valence-corrected chi connectivity index (χ0v) is 27.4. The molecule has 4 atom stereocenters. The maximum atomic E-state index is 10.4. The molecular weight excluding hydrogens is 597 g/mol. The molecule has 2 aliphatic carbocycles. The first kappa shape index (κ1) is 30.2. The van der Waals surface area contributed by atoms with Crippen LogP contribution in [0.25, 0.3) is 49.7 Å². The number of benzene rings is 5. The Kier molecular flexibility index (Phi) is 7.92. The molecule has 0 fully saturated rings. The van der Waals surface area contributed by atoms with Crippen LogP contribution in [0.5, 0.6) is 0 Å². The van der Waals surface area contributed by atoms with Crippen LogP contribution >= 0.6 is 0 Å². The fourth-order valence-electron chi connectivity index (χ4n) is 7.90. The molecule has 1 N–H and O–H groups in total. The molecule has 0 amide bonds. The van der Waals surface area contributed by atoms with Crippen LogP contribution in [0.4, 0.5) is 5.69 Å². The van der Waals surface area contributed by atoms with Crippen molar-refractivity contribution in [3.05, 3.63) is 157 Å². The third-order valence-electron chi connectivity index (χ3n) is 10.4. The number of hydrogen-bond acceptors (Lipinski definition) is 3. The van der Waals surface area contributed by atoms with Crippen molar-refractivity contribution in [1.82, 2.24) is 4.57 Å². The lowest BCUT2D eigenvalue weighted by Gasteiger charge is -2.36. The highest BCUT2D eigenvalue weighted by atomic mass is 15.0. The normalized spacial score (nSPS) is 19.9. The van der Waals surface area contributed by atoms with Crippen LogP contribution in [0.2, 0.25) is 0 Å². The van der Waals surface area contributed by atoms with Gasteiger partial charge >= 0.3 is 0 Å². The van der Waals surface area contributed by atoms with E-state index in [1.165, 1.54) is 17.2 Å². The number of para-hydroxylation sites is 3. The molecule has 4 heteroatoms. The van der Waals surface area contributed by atoms with E-state index in [0.717, 1.165) is 51.1 Å². The van der Waals surface area contributed by atoms with Crippen molar-refractivity contribution in [3.63, 3.8) is 0 Å². The van der Waals surface area contributed by atoms with Crippen molar-refractivity contribution in [1.29, 1.82) is 10.5 Å². The summed E-state index contributed by atoms with van der Waals surface area (Å²) in [6, 6.07) is 42.2. The number of nitrogens with one attached hydrogen (secondary N) is 1. The van der Waals surface area contributed by atoms with Gasteiger partial charge < -0.3 is 9.88 Å². The first-order valence-corrected chi connectivity index (χ1v) is 17.1. The first-order chi connectivity index (χ1) is 24.1. The van der Waals surface area contributed by atoms with Gasteiger partial charge in [0.2, 0.25) is 0 Å². The Morgan fingerprint density at radius 3 is 2.02 bits per heavy atom. The summed E-state index contributed by atoms with van der Waals surface area (Å²) in [6.45, 7) is 2.37. The van der Waals surface area contributed by atoms with Gasteiger partial charge in [-0.25, -0.2) is 0 Å². The van der Waals surface area contributed by atoms with E-state index in [2.05, 4.69) is 150 Å². The highest BCUT2D eigenvalue weighted by Crippen LogP contribution is 2.40. The maximum Gasteiger partial charge on any atom is 0.0998 e. The summed E-state index contributed by atoms with van der Waals surface area (Å²) < 4.78 is 2.28. The van der Waals surface area contributed by atoms with E-state index in [4.69, 9.17) is 0 Å². The minimum Gasteiger partial charge on any atom is -0.378 e. The van der Waals surface area contributed by atoms with E-state index in [1.54, 1.807) is 6.07 Å². The molecule has 0 spiro atoms. The molecule has 4 nitrogen and oxygen atoms in total. The van der Waals surface area contributed by atoms with E-state index in [0.29, 0.717) is 28.9 Å². The fourth-order valence-corrected chi connectivity index (χ4v) is 7.90. The molecule has 5 aromatic carbocycles. The lowest BCUT2D eigenvalue weighted by atomic mass is 9.73. The Bertz CT molecular complexity index is 2320. The summed E-state index contributed by atoms with van der Waals surface area (Å²) in [5.74, 6) is 1.54. The van der Waals surface area contributed by atoms with Crippen molar-refractivity contribution in [2.24, 2.45) is 17.8 Å². The van der Waals surface area contributed by atoms with Crippen LogP contribution < -0.4 is 5.32 Å². The predicted molar refractivity (Wildman–Crippen MR) is 201 cm³/mol. The average molecular weight is 633 g/mol. The highest BCUT2D eigenvalue weighted by molar-refractivity contribution is 6.09. The first-order valence-electron chi connectivity index (χ1n) is 17.1. The third kappa shape index (κ3) is 5.42. The zero-order valence-electron chi connectivity index (χ0n) is 27.4. The minimum absolute atomic E-state index is 0.194. The Morgan fingerprint density at radius 1 is 0.653 bits per heavy atom. The standard InChI is InChI=1S/C45H36N4/c1-30-12-2-3-13-35(30)36-14-4-8-18-42(36)48-34-24-22-31(23-25-34)40-27-41(33(29-47)26-32(40)28-46)39-17-7-11-21-45(39)49-43-19-9-5-15-37(43)38-16-6-10-20-44(38)49/h3-11,13-27,30,35-36,42,48H,2,12H2,1H3. The largest absolute Gasteiger partial charge is 0.378 e. The van der Waals surface area contributed by atoms with E-state index in [9.17, 15) is 10.5 Å². The van der Waals surface area contributed by atoms with Crippen molar-refractivity contribution in [2.45, 2.75) is 25.8 Å². The number of nitriles is 2. The average Bonchev–Trinajstić information content (AvgIpc) is 3.49. The van der Waals surface area contributed by atoms with Gasteiger partial charge in [0.05, 0.1) is 46.0 Å². The molecule has 49 heavy (non-hydrogen) atoms. The summed E-state index contributed by atoms with van der Waals surface area (Å²) in [7, 11) is 0. The van der Waals surface area contributed by atoms with E-state index in [-0.39, 0.29) is 6.04 Å². The lowest BCUT2D eigenvalue weighted by molar-refractivity contribution is 0.302. The Morgan fingerprint density at radius 2 is 1.31 bits per heavy atom. The van der Waals surface area contributed by atoms with Gasteiger partial charge in [-0.3, -0.25) is 0 Å². The van der Waals surface area contributed by atoms with Gasteiger partial charge in [0.15, 0.2) is 0 Å². The molecule has 8 rings (SSSR count). The number of hydrogen-bond donors (Lipinski definition) is 1. The van der Waals surface area contributed by atoms with Crippen LogP contribution in [0.3, 0.4) is 0 Å². The fraction of sp³-hybridized carbons (Fsp3) is 0.156. The van der Waals surface area contributed by atoms with Crippen molar-refractivity contribution < 1.29 is 0 Å². The number of aromatic nitrogens is 1. The number of fused-ring (bicyclic) bond motifs is 3.